The zero-order chi connectivity index (χ0) is 13.8. The zero-order valence-electron chi connectivity index (χ0n) is 9.65. The number of phenols is 1. The van der Waals surface area contributed by atoms with Gasteiger partial charge in [-0.3, -0.25) is 0 Å². The highest BCUT2D eigenvalue weighted by atomic mass is 35.5. The van der Waals surface area contributed by atoms with Crippen LogP contribution < -0.4 is 10.6 Å². The van der Waals surface area contributed by atoms with Crippen molar-refractivity contribution in [3.63, 3.8) is 0 Å². The highest BCUT2D eigenvalue weighted by molar-refractivity contribution is 6.35. The number of hydrogen-bond acceptors (Lipinski definition) is 2. The van der Waals surface area contributed by atoms with Gasteiger partial charge in [0.1, 0.15) is 5.75 Å². The second-order valence-corrected chi connectivity index (χ2v) is 4.60. The Balaban J connectivity index is 2.07. The van der Waals surface area contributed by atoms with Gasteiger partial charge < -0.3 is 15.7 Å². The van der Waals surface area contributed by atoms with Gasteiger partial charge in [-0.2, -0.15) is 0 Å². The molecule has 2 rings (SSSR count). The SMILES string of the molecule is O=C(Nc1cccc(O)c1)Nc1cc(Cl)ccc1Cl. The second kappa shape index (κ2) is 5.82. The smallest absolute Gasteiger partial charge is 0.323 e. The van der Waals surface area contributed by atoms with E-state index in [1.807, 2.05) is 0 Å². The average molecular weight is 297 g/mol. The minimum atomic E-state index is -0.477. The van der Waals surface area contributed by atoms with E-state index in [0.29, 0.717) is 21.4 Å². The maximum Gasteiger partial charge on any atom is 0.323 e. The monoisotopic (exact) mass is 296 g/mol. The Morgan fingerprint density at radius 3 is 2.58 bits per heavy atom. The molecule has 2 aromatic carbocycles. The number of aromatic hydroxyl groups is 1. The van der Waals surface area contributed by atoms with Crippen molar-refractivity contribution in [2.45, 2.75) is 0 Å². The fourth-order valence-electron chi connectivity index (χ4n) is 1.46. The van der Waals surface area contributed by atoms with Gasteiger partial charge in [-0.15, -0.1) is 0 Å². The first-order chi connectivity index (χ1) is 9.04. The zero-order valence-corrected chi connectivity index (χ0v) is 11.2. The molecule has 6 heteroatoms. The van der Waals surface area contributed by atoms with Crippen LogP contribution in [0, 0.1) is 0 Å². The third-order valence-corrected chi connectivity index (χ3v) is 2.85. The summed E-state index contributed by atoms with van der Waals surface area (Å²) in [5.41, 5.74) is 0.877. The number of nitrogens with one attached hydrogen (secondary N) is 2. The maximum absolute atomic E-state index is 11.8. The quantitative estimate of drug-likeness (QED) is 0.772. The normalized spacial score (nSPS) is 10.0. The number of hydrogen-bond donors (Lipinski definition) is 3. The maximum atomic E-state index is 11.8. The van der Waals surface area contributed by atoms with E-state index in [0.717, 1.165) is 0 Å². The molecule has 4 nitrogen and oxygen atoms in total. The van der Waals surface area contributed by atoms with E-state index in [9.17, 15) is 9.90 Å². The van der Waals surface area contributed by atoms with E-state index < -0.39 is 6.03 Å². The molecule has 0 aromatic heterocycles. The van der Waals surface area contributed by atoms with E-state index in [4.69, 9.17) is 23.2 Å². The first-order valence-electron chi connectivity index (χ1n) is 5.37. The number of amides is 2. The van der Waals surface area contributed by atoms with Gasteiger partial charge in [-0.1, -0.05) is 29.3 Å². The Kier molecular flexibility index (Phi) is 4.14. The lowest BCUT2D eigenvalue weighted by Crippen LogP contribution is -2.19. The van der Waals surface area contributed by atoms with Crippen LogP contribution in [0.3, 0.4) is 0 Å². The van der Waals surface area contributed by atoms with Crippen LogP contribution in [0.1, 0.15) is 0 Å². The molecule has 2 amide bonds. The minimum Gasteiger partial charge on any atom is -0.508 e. The fourth-order valence-corrected chi connectivity index (χ4v) is 1.80. The minimum absolute atomic E-state index is 0.0681. The molecule has 0 aliphatic carbocycles. The number of carbonyl (C=O) groups is 1. The summed E-state index contributed by atoms with van der Waals surface area (Å²) in [5.74, 6) is 0.0681. The predicted octanol–water partition coefficient (Wildman–Crippen LogP) is 4.34. The van der Waals surface area contributed by atoms with Gasteiger partial charge in [0.25, 0.3) is 0 Å². The summed E-state index contributed by atoms with van der Waals surface area (Å²) in [4.78, 5) is 11.8. The van der Waals surface area contributed by atoms with Crippen LogP contribution in [0.25, 0.3) is 0 Å². The number of rotatable bonds is 2. The van der Waals surface area contributed by atoms with E-state index >= 15 is 0 Å². The Morgan fingerprint density at radius 1 is 1.05 bits per heavy atom. The number of anilines is 2. The van der Waals surface area contributed by atoms with E-state index in [1.165, 1.54) is 12.1 Å². The molecule has 0 aliphatic heterocycles. The molecule has 2 aromatic rings. The predicted molar refractivity (Wildman–Crippen MR) is 77.2 cm³/mol. The molecular formula is C13H10Cl2N2O2. The van der Waals surface area contributed by atoms with Crippen molar-refractivity contribution in [3.05, 3.63) is 52.5 Å². The highest BCUT2D eigenvalue weighted by Gasteiger charge is 2.07. The number of halogens is 2. The van der Waals surface area contributed by atoms with Crippen LogP contribution in [0.5, 0.6) is 5.75 Å². The molecule has 0 spiro atoms. The van der Waals surface area contributed by atoms with Crippen molar-refractivity contribution in [2.75, 3.05) is 10.6 Å². The largest absolute Gasteiger partial charge is 0.508 e. The number of phenolic OH excluding ortho intramolecular Hbond substituents is 1. The molecule has 0 heterocycles. The molecule has 0 fully saturated rings. The lowest BCUT2D eigenvalue weighted by Gasteiger charge is -2.09. The van der Waals surface area contributed by atoms with Crippen LogP contribution in [0.2, 0.25) is 10.0 Å². The van der Waals surface area contributed by atoms with Crippen LogP contribution in [-0.4, -0.2) is 11.1 Å². The third kappa shape index (κ3) is 3.77. The topological polar surface area (TPSA) is 61.4 Å². The van der Waals surface area contributed by atoms with Gasteiger partial charge >= 0.3 is 6.03 Å². The summed E-state index contributed by atoms with van der Waals surface area (Å²) < 4.78 is 0. The summed E-state index contributed by atoms with van der Waals surface area (Å²) in [6.45, 7) is 0. The molecule has 0 saturated heterocycles. The lowest BCUT2D eigenvalue weighted by atomic mass is 10.3. The number of urea groups is 1. The van der Waals surface area contributed by atoms with E-state index in [1.54, 1.807) is 30.3 Å². The van der Waals surface area contributed by atoms with Crippen LogP contribution in [0.4, 0.5) is 16.2 Å². The number of carbonyl (C=O) groups excluding carboxylic acids is 1. The van der Waals surface area contributed by atoms with Crippen LogP contribution in [0.15, 0.2) is 42.5 Å². The van der Waals surface area contributed by atoms with Gasteiger partial charge in [-0.25, -0.2) is 4.79 Å². The Morgan fingerprint density at radius 2 is 1.84 bits per heavy atom. The molecule has 3 N–H and O–H groups in total. The molecular weight excluding hydrogens is 287 g/mol. The van der Waals surface area contributed by atoms with E-state index in [-0.39, 0.29) is 5.75 Å². The van der Waals surface area contributed by atoms with Gasteiger partial charge in [0, 0.05) is 16.8 Å². The molecule has 19 heavy (non-hydrogen) atoms. The van der Waals surface area contributed by atoms with Gasteiger partial charge in [0.15, 0.2) is 0 Å². The molecule has 0 aliphatic rings. The lowest BCUT2D eigenvalue weighted by molar-refractivity contribution is 0.262. The van der Waals surface area contributed by atoms with Crippen molar-refractivity contribution < 1.29 is 9.90 Å². The van der Waals surface area contributed by atoms with E-state index in [2.05, 4.69) is 10.6 Å². The van der Waals surface area contributed by atoms with Gasteiger partial charge in [0.2, 0.25) is 0 Å². The highest BCUT2D eigenvalue weighted by Crippen LogP contribution is 2.25. The summed E-state index contributed by atoms with van der Waals surface area (Å²) >= 11 is 11.7. The van der Waals surface area contributed by atoms with Crippen molar-refractivity contribution >= 4 is 40.6 Å². The molecule has 0 atom stereocenters. The standard InChI is InChI=1S/C13H10Cl2N2O2/c14-8-4-5-11(15)12(6-8)17-13(19)16-9-2-1-3-10(18)7-9/h1-7,18H,(H2,16,17,19). The number of benzene rings is 2. The third-order valence-electron chi connectivity index (χ3n) is 2.28. The Labute approximate surface area is 120 Å². The second-order valence-electron chi connectivity index (χ2n) is 3.75. The summed E-state index contributed by atoms with van der Waals surface area (Å²) in [6, 6.07) is 10.5. The summed E-state index contributed by atoms with van der Waals surface area (Å²) in [7, 11) is 0. The average Bonchev–Trinajstić information content (AvgIpc) is 2.34. The first-order valence-corrected chi connectivity index (χ1v) is 6.12. The Bertz CT molecular complexity index is 617. The molecule has 0 radical (unpaired) electrons. The van der Waals surface area contributed by atoms with Crippen molar-refractivity contribution in [1.82, 2.24) is 0 Å². The van der Waals surface area contributed by atoms with Crippen LogP contribution >= 0.6 is 23.2 Å². The molecule has 0 unspecified atom stereocenters. The van der Waals surface area contributed by atoms with Gasteiger partial charge in [-0.05, 0) is 30.3 Å². The van der Waals surface area contributed by atoms with Crippen molar-refractivity contribution in [1.29, 1.82) is 0 Å². The molecule has 0 saturated carbocycles. The van der Waals surface area contributed by atoms with Crippen molar-refractivity contribution in [3.8, 4) is 5.75 Å². The summed E-state index contributed by atoms with van der Waals surface area (Å²) in [6.07, 6.45) is 0. The molecule has 98 valence electrons. The fraction of sp³-hybridized carbons (Fsp3) is 0. The molecule has 0 bridgehead atoms. The summed E-state index contributed by atoms with van der Waals surface area (Å²) in [5, 5.41) is 15.3. The first kappa shape index (κ1) is 13.5. The Hall–Kier alpha value is -1.91. The van der Waals surface area contributed by atoms with Gasteiger partial charge in [0.05, 0.1) is 10.7 Å². The van der Waals surface area contributed by atoms with Crippen LogP contribution in [-0.2, 0) is 0 Å². The van der Waals surface area contributed by atoms with Crippen molar-refractivity contribution in [2.24, 2.45) is 0 Å².